The molecule has 0 saturated carbocycles. The predicted molar refractivity (Wildman–Crippen MR) is 66.1 cm³/mol. The van der Waals surface area contributed by atoms with E-state index in [-0.39, 0.29) is 11.9 Å². The molecule has 1 unspecified atom stereocenters. The quantitative estimate of drug-likeness (QED) is 0.757. The molecule has 1 aromatic heterocycles. The van der Waals surface area contributed by atoms with Crippen LogP contribution in [0.2, 0.25) is 0 Å². The zero-order valence-electron chi connectivity index (χ0n) is 10.8. The molecular weight excluding hydrogens is 232 g/mol. The number of esters is 1. The Hall–Kier alpha value is -1.78. The second-order valence-electron chi connectivity index (χ2n) is 4.41. The number of aromatic nitrogens is 1. The predicted octanol–water partition coefficient (Wildman–Crippen LogP) is 1.19. The minimum absolute atomic E-state index is 0.0990. The smallest absolute Gasteiger partial charge is 0.328 e. The number of carbonyl (C=O) groups excluding carboxylic acids is 2. The number of carbonyl (C=O) groups is 2. The van der Waals surface area contributed by atoms with Crippen molar-refractivity contribution in [2.75, 3.05) is 13.2 Å². The van der Waals surface area contributed by atoms with Gasteiger partial charge in [-0.2, -0.15) is 0 Å². The van der Waals surface area contributed by atoms with Gasteiger partial charge in [0.05, 0.1) is 6.61 Å². The summed E-state index contributed by atoms with van der Waals surface area (Å²) in [6.07, 6.45) is 3.36. The van der Waals surface area contributed by atoms with Gasteiger partial charge in [0.1, 0.15) is 11.7 Å². The average molecular weight is 250 g/mol. The summed E-state index contributed by atoms with van der Waals surface area (Å²) in [7, 11) is 1.82. The van der Waals surface area contributed by atoms with Crippen molar-refractivity contribution in [3.8, 4) is 0 Å². The molecule has 5 heteroatoms. The average Bonchev–Trinajstić information content (AvgIpc) is 2.96. The highest BCUT2D eigenvalue weighted by molar-refractivity contribution is 5.96. The van der Waals surface area contributed by atoms with Crippen LogP contribution in [0.3, 0.4) is 0 Å². The summed E-state index contributed by atoms with van der Waals surface area (Å²) in [6, 6.07) is 3.17. The fourth-order valence-corrected chi connectivity index (χ4v) is 2.32. The topological polar surface area (TPSA) is 51.5 Å². The molecule has 1 aliphatic rings. The summed E-state index contributed by atoms with van der Waals surface area (Å²) in [6.45, 7) is 2.74. The third-order valence-electron chi connectivity index (χ3n) is 3.24. The maximum atomic E-state index is 12.3. The zero-order chi connectivity index (χ0) is 13.1. The molecule has 0 spiro atoms. The molecule has 0 radical (unpaired) electrons. The lowest BCUT2D eigenvalue weighted by molar-refractivity contribution is -0.147. The molecule has 1 aromatic rings. The highest BCUT2D eigenvalue weighted by Crippen LogP contribution is 2.21. The van der Waals surface area contributed by atoms with Gasteiger partial charge in [-0.1, -0.05) is 0 Å². The number of nitrogens with zero attached hydrogens (tertiary/aromatic N) is 2. The summed E-state index contributed by atoms with van der Waals surface area (Å²) in [5.41, 5.74) is 0.603. The Labute approximate surface area is 106 Å². The van der Waals surface area contributed by atoms with Gasteiger partial charge in [0.25, 0.3) is 5.91 Å². The van der Waals surface area contributed by atoms with Crippen LogP contribution in [0.1, 0.15) is 30.3 Å². The van der Waals surface area contributed by atoms with E-state index in [1.54, 1.807) is 22.5 Å². The van der Waals surface area contributed by atoms with E-state index in [1.165, 1.54) is 0 Å². The molecule has 5 nitrogen and oxygen atoms in total. The standard InChI is InChI=1S/C13H18N2O3/c1-3-18-13(17)11-7-5-9-15(11)12(16)10-6-4-8-14(10)2/h4,6,8,11H,3,5,7,9H2,1-2H3. The van der Waals surface area contributed by atoms with Crippen molar-refractivity contribution < 1.29 is 14.3 Å². The lowest BCUT2D eigenvalue weighted by Gasteiger charge is -2.23. The van der Waals surface area contributed by atoms with E-state index in [9.17, 15) is 9.59 Å². The summed E-state index contributed by atoms with van der Waals surface area (Å²) in [4.78, 5) is 25.8. The first-order valence-corrected chi connectivity index (χ1v) is 6.24. The normalized spacial score (nSPS) is 19.0. The van der Waals surface area contributed by atoms with Crippen molar-refractivity contribution in [1.82, 2.24) is 9.47 Å². The monoisotopic (exact) mass is 250 g/mol. The molecule has 1 saturated heterocycles. The molecule has 1 aliphatic heterocycles. The van der Waals surface area contributed by atoms with Crippen molar-refractivity contribution >= 4 is 11.9 Å². The second-order valence-corrected chi connectivity index (χ2v) is 4.41. The lowest BCUT2D eigenvalue weighted by Crippen LogP contribution is -2.42. The Morgan fingerprint density at radius 3 is 2.89 bits per heavy atom. The van der Waals surface area contributed by atoms with Crippen LogP contribution < -0.4 is 0 Å². The number of amides is 1. The maximum Gasteiger partial charge on any atom is 0.328 e. The third-order valence-corrected chi connectivity index (χ3v) is 3.24. The Morgan fingerprint density at radius 2 is 2.28 bits per heavy atom. The van der Waals surface area contributed by atoms with Crippen molar-refractivity contribution in [3.63, 3.8) is 0 Å². The number of rotatable bonds is 3. The first-order valence-electron chi connectivity index (χ1n) is 6.24. The summed E-state index contributed by atoms with van der Waals surface area (Å²) < 4.78 is 6.78. The van der Waals surface area contributed by atoms with Crippen LogP contribution in [0, 0.1) is 0 Å². The molecule has 0 aromatic carbocycles. The van der Waals surface area contributed by atoms with Crippen LogP contribution in [0.15, 0.2) is 18.3 Å². The highest BCUT2D eigenvalue weighted by Gasteiger charge is 2.36. The molecule has 2 rings (SSSR count). The number of aryl methyl sites for hydroxylation is 1. The van der Waals surface area contributed by atoms with Gasteiger partial charge in [0.15, 0.2) is 0 Å². The van der Waals surface area contributed by atoms with Crippen LogP contribution in [-0.2, 0) is 16.6 Å². The highest BCUT2D eigenvalue weighted by atomic mass is 16.5. The van der Waals surface area contributed by atoms with Crippen molar-refractivity contribution in [3.05, 3.63) is 24.0 Å². The van der Waals surface area contributed by atoms with Crippen molar-refractivity contribution in [2.45, 2.75) is 25.8 Å². The van der Waals surface area contributed by atoms with E-state index in [4.69, 9.17) is 4.74 Å². The van der Waals surface area contributed by atoms with Crippen LogP contribution in [0.4, 0.5) is 0 Å². The van der Waals surface area contributed by atoms with Crippen LogP contribution in [0.5, 0.6) is 0 Å². The van der Waals surface area contributed by atoms with Gasteiger partial charge in [-0.15, -0.1) is 0 Å². The third kappa shape index (κ3) is 2.25. The van der Waals surface area contributed by atoms with Gasteiger partial charge in [-0.25, -0.2) is 4.79 Å². The number of hydrogen-bond acceptors (Lipinski definition) is 3. The molecule has 2 heterocycles. The summed E-state index contributed by atoms with van der Waals surface area (Å²) >= 11 is 0. The first kappa shape index (κ1) is 12.7. The Bertz CT molecular complexity index is 453. The Kier molecular flexibility index (Phi) is 3.69. The van der Waals surface area contributed by atoms with E-state index < -0.39 is 6.04 Å². The van der Waals surface area contributed by atoms with Crippen LogP contribution >= 0.6 is 0 Å². The molecule has 1 atom stereocenters. The molecule has 98 valence electrons. The Morgan fingerprint density at radius 1 is 1.50 bits per heavy atom. The maximum absolute atomic E-state index is 12.3. The van der Waals surface area contributed by atoms with E-state index in [0.29, 0.717) is 25.3 Å². The van der Waals surface area contributed by atoms with E-state index in [2.05, 4.69) is 0 Å². The van der Waals surface area contributed by atoms with Crippen LogP contribution in [-0.4, -0.2) is 40.5 Å². The van der Waals surface area contributed by atoms with Gasteiger partial charge in [0, 0.05) is 19.8 Å². The molecule has 0 aliphatic carbocycles. The van der Waals surface area contributed by atoms with E-state index in [0.717, 1.165) is 6.42 Å². The minimum Gasteiger partial charge on any atom is -0.464 e. The van der Waals surface area contributed by atoms with Crippen molar-refractivity contribution in [2.24, 2.45) is 7.05 Å². The van der Waals surface area contributed by atoms with Gasteiger partial charge >= 0.3 is 5.97 Å². The van der Waals surface area contributed by atoms with E-state index in [1.807, 2.05) is 19.3 Å². The molecule has 1 amide bonds. The van der Waals surface area contributed by atoms with Gasteiger partial charge < -0.3 is 14.2 Å². The largest absolute Gasteiger partial charge is 0.464 e. The molecule has 0 N–H and O–H groups in total. The fourth-order valence-electron chi connectivity index (χ4n) is 2.32. The fraction of sp³-hybridized carbons (Fsp3) is 0.538. The molecule has 18 heavy (non-hydrogen) atoms. The summed E-state index contributed by atoms with van der Waals surface area (Å²) in [5.74, 6) is -0.393. The Balaban J connectivity index is 2.15. The SMILES string of the molecule is CCOC(=O)C1CCCN1C(=O)c1cccn1C. The van der Waals surface area contributed by atoms with Gasteiger partial charge in [-0.05, 0) is 31.9 Å². The number of ether oxygens (including phenoxy) is 1. The second kappa shape index (κ2) is 5.25. The molecule has 1 fully saturated rings. The number of likely N-dealkylation sites (tertiary alicyclic amines) is 1. The minimum atomic E-state index is -0.424. The zero-order valence-corrected chi connectivity index (χ0v) is 10.8. The van der Waals surface area contributed by atoms with E-state index >= 15 is 0 Å². The first-order chi connectivity index (χ1) is 8.65. The molecular formula is C13H18N2O3. The van der Waals surface area contributed by atoms with Crippen molar-refractivity contribution in [1.29, 1.82) is 0 Å². The van der Waals surface area contributed by atoms with Gasteiger partial charge in [0.2, 0.25) is 0 Å². The van der Waals surface area contributed by atoms with Gasteiger partial charge in [-0.3, -0.25) is 4.79 Å². The summed E-state index contributed by atoms with van der Waals surface area (Å²) in [5, 5.41) is 0. The number of hydrogen-bond donors (Lipinski definition) is 0. The lowest BCUT2D eigenvalue weighted by atomic mass is 10.2. The van der Waals surface area contributed by atoms with Crippen LogP contribution in [0.25, 0.3) is 0 Å². The molecule has 0 bridgehead atoms.